The van der Waals surface area contributed by atoms with Gasteiger partial charge in [-0.1, -0.05) is 275 Å². The van der Waals surface area contributed by atoms with Crippen molar-refractivity contribution in [2.24, 2.45) is 0 Å². The Bertz CT molecular complexity index is 3460. The maximum atomic E-state index is 2.46. The van der Waals surface area contributed by atoms with Gasteiger partial charge in [-0.2, -0.15) is 0 Å². The van der Waals surface area contributed by atoms with E-state index in [0.29, 0.717) is 0 Å². The van der Waals surface area contributed by atoms with Crippen molar-refractivity contribution in [1.82, 2.24) is 0 Å². The molecule has 0 spiro atoms. The molecule has 0 aliphatic heterocycles. The first kappa shape index (κ1) is 43.6. The standard InChI is InChI=1S/C66H48.C2H6/c1-4-18-49(19-5-1)57-26-12-10-24-52(57)38-32-47-34-40-54(41-35-47)65-61-30-16-17-31-62(61)66(64-46-56(44-45-63(64)65)60-29-15-14-28-59(60)51-22-8-3-9-23-51)55-42-36-48(37-43-55)33-39-53-25-11-13-27-58(53)50-20-6-2-7-21-50;1-2/h1-13,16-46H,14-15H2;1-2H3/b38-32+,39-33+;. The van der Waals surface area contributed by atoms with Crippen LogP contribution in [0, 0.1) is 0 Å². The molecule has 0 heterocycles. The number of hydrogen-bond donors (Lipinski definition) is 0. The Hall–Kier alpha value is -8.32. The molecule has 0 nitrogen and oxygen atoms in total. The van der Waals surface area contributed by atoms with Gasteiger partial charge >= 0.3 is 0 Å². The van der Waals surface area contributed by atoms with Gasteiger partial charge in [-0.25, -0.2) is 0 Å². The molecule has 11 rings (SSSR count). The van der Waals surface area contributed by atoms with Gasteiger partial charge in [-0.3, -0.25) is 0 Å². The zero-order valence-corrected chi connectivity index (χ0v) is 38.8. The molecule has 10 aromatic rings. The van der Waals surface area contributed by atoms with Gasteiger partial charge in [0.2, 0.25) is 0 Å². The van der Waals surface area contributed by atoms with Gasteiger partial charge in [0.15, 0.2) is 0 Å². The van der Waals surface area contributed by atoms with Crippen LogP contribution < -0.4 is 0 Å². The summed E-state index contributed by atoms with van der Waals surface area (Å²) in [7, 11) is 0. The van der Waals surface area contributed by atoms with E-state index in [-0.39, 0.29) is 0 Å². The summed E-state index contributed by atoms with van der Waals surface area (Å²) < 4.78 is 0. The molecular weight excluding hydrogens is 817 g/mol. The van der Waals surface area contributed by atoms with Crippen LogP contribution in [0.5, 0.6) is 0 Å². The number of hydrogen-bond acceptors (Lipinski definition) is 0. The highest BCUT2D eigenvalue weighted by Gasteiger charge is 2.20. The van der Waals surface area contributed by atoms with E-state index < -0.39 is 0 Å². The second-order valence-electron chi connectivity index (χ2n) is 17.1. The predicted molar refractivity (Wildman–Crippen MR) is 297 cm³/mol. The van der Waals surface area contributed by atoms with Crippen LogP contribution in [0.3, 0.4) is 0 Å². The van der Waals surface area contributed by atoms with Crippen LogP contribution in [-0.4, -0.2) is 0 Å². The monoisotopic (exact) mass is 870 g/mol. The number of rotatable bonds is 10. The van der Waals surface area contributed by atoms with Gasteiger partial charge < -0.3 is 0 Å². The summed E-state index contributed by atoms with van der Waals surface area (Å²) in [5, 5.41) is 4.99. The molecule has 1 aliphatic rings. The minimum absolute atomic E-state index is 1.03. The van der Waals surface area contributed by atoms with Gasteiger partial charge in [0, 0.05) is 0 Å². The maximum Gasteiger partial charge on any atom is -0.00261 e. The lowest BCUT2D eigenvalue weighted by atomic mass is 9.82. The lowest BCUT2D eigenvalue weighted by Gasteiger charge is -2.21. The van der Waals surface area contributed by atoms with Crippen LogP contribution in [0.2, 0.25) is 0 Å². The molecule has 0 atom stereocenters. The maximum absolute atomic E-state index is 2.46. The molecule has 0 radical (unpaired) electrons. The zero-order chi connectivity index (χ0) is 46.1. The summed E-state index contributed by atoms with van der Waals surface area (Å²) in [4.78, 5) is 0. The Kier molecular flexibility index (Phi) is 13.1. The van der Waals surface area contributed by atoms with E-state index in [1.807, 2.05) is 13.8 Å². The van der Waals surface area contributed by atoms with Crippen molar-refractivity contribution >= 4 is 57.0 Å². The molecule has 0 saturated heterocycles. The lowest BCUT2D eigenvalue weighted by Crippen LogP contribution is -1.97. The van der Waals surface area contributed by atoms with Crippen molar-refractivity contribution < 1.29 is 0 Å². The molecule has 0 amide bonds. The molecule has 326 valence electrons. The summed E-state index contributed by atoms with van der Waals surface area (Å²) in [6, 6.07) is 83.8. The fourth-order valence-electron chi connectivity index (χ4n) is 9.75. The smallest absolute Gasteiger partial charge is 0.00261 e. The Labute approximate surface area is 402 Å². The van der Waals surface area contributed by atoms with Crippen LogP contribution in [0.25, 0.3) is 102 Å². The third-order valence-corrected chi connectivity index (χ3v) is 13.0. The summed E-state index contributed by atoms with van der Waals surface area (Å²) >= 11 is 0. The quantitative estimate of drug-likeness (QED) is 0.0949. The molecule has 0 N–H and O–H groups in total. The lowest BCUT2D eigenvalue weighted by molar-refractivity contribution is 1.04. The number of allylic oxidation sites excluding steroid dienone is 4. The molecule has 10 aromatic carbocycles. The Morgan fingerprint density at radius 2 is 0.647 bits per heavy atom. The van der Waals surface area contributed by atoms with E-state index >= 15 is 0 Å². The summed E-state index contributed by atoms with van der Waals surface area (Å²) in [6.07, 6.45) is 15.9. The third-order valence-electron chi connectivity index (χ3n) is 13.0. The average Bonchev–Trinajstić information content (AvgIpc) is 3.43. The van der Waals surface area contributed by atoms with E-state index in [1.165, 1.54) is 99.5 Å². The molecule has 0 aromatic heterocycles. The Morgan fingerprint density at radius 1 is 0.279 bits per heavy atom. The van der Waals surface area contributed by atoms with Crippen LogP contribution in [-0.2, 0) is 0 Å². The second kappa shape index (κ2) is 20.5. The van der Waals surface area contributed by atoms with Crippen LogP contribution in [0.15, 0.2) is 243 Å². The zero-order valence-electron chi connectivity index (χ0n) is 38.8. The molecule has 0 fully saturated rings. The van der Waals surface area contributed by atoms with Crippen LogP contribution in [0.4, 0.5) is 0 Å². The first-order valence-electron chi connectivity index (χ1n) is 24.1. The topological polar surface area (TPSA) is 0 Å². The van der Waals surface area contributed by atoms with E-state index in [9.17, 15) is 0 Å². The van der Waals surface area contributed by atoms with Crippen molar-refractivity contribution in [3.63, 3.8) is 0 Å². The fourth-order valence-corrected chi connectivity index (χ4v) is 9.75. The third kappa shape index (κ3) is 9.10. The van der Waals surface area contributed by atoms with Crippen molar-refractivity contribution in [3.05, 3.63) is 276 Å². The molecule has 0 heteroatoms. The summed E-state index contributed by atoms with van der Waals surface area (Å²) in [6.45, 7) is 4.00. The predicted octanol–water partition coefficient (Wildman–Crippen LogP) is 19.3. The average molecular weight is 871 g/mol. The minimum Gasteiger partial charge on any atom is -0.0757 e. The number of fused-ring (bicyclic) bond motifs is 2. The van der Waals surface area contributed by atoms with Crippen molar-refractivity contribution in [1.29, 1.82) is 0 Å². The Morgan fingerprint density at radius 3 is 1.13 bits per heavy atom. The highest BCUT2D eigenvalue weighted by atomic mass is 14.2. The first-order valence-corrected chi connectivity index (χ1v) is 24.1. The molecule has 0 unspecified atom stereocenters. The molecule has 0 saturated carbocycles. The molecule has 1 aliphatic carbocycles. The van der Waals surface area contributed by atoms with Gasteiger partial charge in [0.25, 0.3) is 0 Å². The van der Waals surface area contributed by atoms with E-state index in [0.717, 1.165) is 24.0 Å². The van der Waals surface area contributed by atoms with Gasteiger partial charge in [0.1, 0.15) is 0 Å². The van der Waals surface area contributed by atoms with Crippen molar-refractivity contribution in [2.75, 3.05) is 0 Å². The van der Waals surface area contributed by atoms with Gasteiger partial charge in [-0.05, 0) is 129 Å². The van der Waals surface area contributed by atoms with Crippen molar-refractivity contribution in [3.8, 4) is 44.5 Å². The van der Waals surface area contributed by atoms with E-state index in [4.69, 9.17) is 0 Å². The molecule has 68 heavy (non-hydrogen) atoms. The highest BCUT2D eigenvalue weighted by Crippen LogP contribution is 2.46. The number of benzene rings is 10. The van der Waals surface area contributed by atoms with Gasteiger partial charge in [0.05, 0.1) is 0 Å². The summed E-state index contributed by atoms with van der Waals surface area (Å²) in [5.41, 5.74) is 19.7. The SMILES string of the molecule is C1=C(c2ccccc2)C(c2ccc3c(-c4ccc(/C=C/c5ccccc5-c5ccccc5)cc4)c4ccccc4c(-c4ccc(/C=C/c5ccccc5-c5ccccc5)cc4)c3c2)=CCC1.CC. The van der Waals surface area contributed by atoms with E-state index in [1.54, 1.807) is 0 Å². The van der Waals surface area contributed by atoms with Crippen molar-refractivity contribution in [2.45, 2.75) is 26.7 Å². The van der Waals surface area contributed by atoms with Gasteiger partial charge in [-0.15, -0.1) is 0 Å². The first-order chi connectivity index (χ1) is 33.7. The minimum atomic E-state index is 1.03. The molecular formula is C68H54. The Balaban J connectivity index is 0.00000266. The fraction of sp³-hybridized carbons (Fsp3) is 0.0588. The normalized spacial score (nSPS) is 12.5. The second-order valence-corrected chi connectivity index (χ2v) is 17.1. The largest absolute Gasteiger partial charge is 0.0757 e. The molecule has 0 bridgehead atoms. The van der Waals surface area contributed by atoms with Crippen LogP contribution in [0.1, 0.15) is 60.1 Å². The summed E-state index contributed by atoms with van der Waals surface area (Å²) in [5.74, 6) is 0. The highest BCUT2D eigenvalue weighted by molar-refractivity contribution is 6.22. The van der Waals surface area contributed by atoms with Crippen LogP contribution >= 0.6 is 0 Å². The van der Waals surface area contributed by atoms with E-state index in [2.05, 4.69) is 267 Å².